The summed E-state index contributed by atoms with van der Waals surface area (Å²) in [4.78, 5) is 16.3. The van der Waals surface area contributed by atoms with Gasteiger partial charge in [0.25, 0.3) is 0 Å². The van der Waals surface area contributed by atoms with Gasteiger partial charge in [-0.15, -0.1) is 5.10 Å². The van der Waals surface area contributed by atoms with Gasteiger partial charge < -0.3 is 5.32 Å². The lowest BCUT2D eigenvalue weighted by atomic mass is 10.3. The van der Waals surface area contributed by atoms with E-state index in [0.717, 1.165) is 34.0 Å². The smallest absolute Gasteiger partial charge is 0.228 e. The number of nitrogens with zero attached hydrogens (tertiary/aromatic N) is 6. The first-order valence-corrected chi connectivity index (χ1v) is 9.10. The van der Waals surface area contributed by atoms with Crippen molar-refractivity contribution in [3.8, 4) is 0 Å². The summed E-state index contributed by atoms with van der Waals surface area (Å²) in [6, 6.07) is 9.62. The average Bonchev–Trinajstić information content (AvgIpc) is 3.30. The van der Waals surface area contributed by atoms with Gasteiger partial charge in [0.15, 0.2) is 11.5 Å². The van der Waals surface area contributed by atoms with Gasteiger partial charge in [-0.25, -0.2) is 14.2 Å². The van der Waals surface area contributed by atoms with Crippen molar-refractivity contribution in [1.29, 1.82) is 0 Å². The molecule has 0 atom stereocenters. The molecular formula is C17H14BrN7O. The lowest BCUT2D eigenvalue weighted by molar-refractivity contribution is -0.117. The van der Waals surface area contributed by atoms with Gasteiger partial charge in [0.1, 0.15) is 5.52 Å². The quantitative estimate of drug-likeness (QED) is 0.557. The number of carbonyl (C=O) groups is 1. The van der Waals surface area contributed by atoms with Crippen LogP contribution >= 0.6 is 15.9 Å². The Balaban J connectivity index is 1.43. The Kier molecular flexibility index (Phi) is 3.49. The van der Waals surface area contributed by atoms with E-state index in [0.29, 0.717) is 18.0 Å². The first-order chi connectivity index (χ1) is 12.7. The van der Waals surface area contributed by atoms with Gasteiger partial charge in [-0.1, -0.05) is 21.1 Å². The molecule has 1 amide bonds. The number of aromatic nitrogens is 6. The van der Waals surface area contributed by atoms with Crippen LogP contribution in [0.1, 0.15) is 18.5 Å². The van der Waals surface area contributed by atoms with Gasteiger partial charge in [0.05, 0.1) is 24.0 Å². The molecule has 3 heterocycles. The van der Waals surface area contributed by atoms with Crippen molar-refractivity contribution in [3.63, 3.8) is 0 Å². The first kappa shape index (κ1) is 15.4. The van der Waals surface area contributed by atoms with Crippen LogP contribution in [0.2, 0.25) is 0 Å². The SMILES string of the molecule is O=C(Nc1cn2nc(Cn3nnc4ccc(Br)cc43)ccc2n1)C1CC1. The van der Waals surface area contributed by atoms with Gasteiger partial charge in [-0.2, -0.15) is 5.10 Å². The van der Waals surface area contributed by atoms with Crippen LogP contribution in [0, 0.1) is 5.92 Å². The molecule has 0 spiro atoms. The zero-order chi connectivity index (χ0) is 17.7. The standard InChI is InChI=1S/C17H14BrN7O/c18-11-3-5-13-14(7-11)24(23-21-13)8-12-4-6-16-19-15(9-25(16)22-12)20-17(26)10-1-2-10/h3-7,9-10H,1-2,8H2,(H,20,26). The highest BCUT2D eigenvalue weighted by molar-refractivity contribution is 9.10. The van der Waals surface area contributed by atoms with E-state index in [2.05, 4.69) is 41.6 Å². The average molecular weight is 412 g/mol. The molecule has 0 saturated heterocycles. The molecule has 130 valence electrons. The van der Waals surface area contributed by atoms with Crippen molar-refractivity contribution in [3.05, 3.63) is 46.7 Å². The maximum Gasteiger partial charge on any atom is 0.228 e. The monoisotopic (exact) mass is 411 g/mol. The number of hydrogen-bond acceptors (Lipinski definition) is 5. The summed E-state index contributed by atoms with van der Waals surface area (Å²) in [6.07, 6.45) is 3.66. The molecule has 9 heteroatoms. The van der Waals surface area contributed by atoms with Crippen molar-refractivity contribution in [2.45, 2.75) is 19.4 Å². The fraction of sp³-hybridized carbons (Fsp3) is 0.235. The van der Waals surface area contributed by atoms with Crippen molar-refractivity contribution in [2.75, 3.05) is 5.32 Å². The van der Waals surface area contributed by atoms with Crippen LogP contribution in [-0.2, 0) is 11.3 Å². The fourth-order valence-electron chi connectivity index (χ4n) is 2.85. The van der Waals surface area contributed by atoms with Gasteiger partial charge in [0.2, 0.25) is 5.91 Å². The van der Waals surface area contributed by atoms with Crippen LogP contribution in [0.5, 0.6) is 0 Å². The van der Waals surface area contributed by atoms with Gasteiger partial charge >= 0.3 is 0 Å². The van der Waals surface area contributed by atoms with Crippen LogP contribution in [0.15, 0.2) is 41.0 Å². The molecule has 1 aliphatic carbocycles. The minimum atomic E-state index is 0.0355. The number of carbonyl (C=O) groups excluding carboxylic acids is 1. The van der Waals surface area contributed by atoms with Gasteiger partial charge in [-0.05, 0) is 43.2 Å². The summed E-state index contributed by atoms with van der Waals surface area (Å²) in [6.45, 7) is 0.491. The highest BCUT2D eigenvalue weighted by Gasteiger charge is 2.30. The summed E-state index contributed by atoms with van der Waals surface area (Å²) in [5.74, 6) is 0.707. The Hall–Kier alpha value is -2.81. The summed E-state index contributed by atoms with van der Waals surface area (Å²) < 4.78 is 4.45. The molecule has 0 aliphatic heterocycles. The van der Waals surface area contributed by atoms with E-state index in [4.69, 9.17) is 0 Å². The normalized spacial score (nSPS) is 14.2. The highest BCUT2D eigenvalue weighted by atomic mass is 79.9. The maximum atomic E-state index is 11.9. The van der Waals surface area contributed by atoms with E-state index in [-0.39, 0.29) is 11.8 Å². The third-order valence-electron chi connectivity index (χ3n) is 4.36. The Labute approximate surface area is 156 Å². The second kappa shape index (κ2) is 5.87. The summed E-state index contributed by atoms with van der Waals surface area (Å²) in [5, 5.41) is 15.8. The molecule has 26 heavy (non-hydrogen) atoms. The second-order valence-electron chi connectivity index (χ2n) is 6.40. The minimum Gasteiger partial charge on any atom is -0.309 e. The van der Waals surface area contributed by atoms with E-state index < -0.39 is 0 Å². The van der Waals surface area contributed by atoms with E-state index in [1.807, 2.05) is 30.3 Å². The molecule has 1 aliphatic rings. The van der Waals surface area contributed by atoms with Crippen molar-refractivity contribution >= 4 is 44.3 Å². The molecule has 8 nitrogen and oxygen atoms in total. The first-order valence-electron chi connectivity index (χ1n) is 8.31. The number of halogens is 1. The fourth-order valence-corrected chi connectivity index (χ4v) is 3.20. The molecular weight excluding hydrogens is 398 g/mol. The molecule has 0 radical (unpaired) electrons. The Morgan fingerprint density at radius 3 is 3.00 bits per heavy atom. The summed E-state index contributed by atoms with van der Waals surface area (Å²) >= 11 is 3.47. The van der Waals surface area contributed by atoms with E-state index >= 15 is 0 Å². The second-order valence-corrected chi connectivity index (χ2v) is 7.31. The van der Waals surface area contributed by atoms with Gasteiger partial charge in [-0.3, -0.25) is 4.79 Å². The number of hydrogen-bond donors (Lipinski definition) is 1. The van der Waals surface area contributed by atoms with Crippen molar-refractivity contribution in [1.82, 2.24) is 29.6 Å². The topological polar surface area (TPSA) is 90.0 Å². The molecule has 1 saturated carbocycles. The molecule has 1 fully saturated rings. The predicted molar refractivity (Wildman–Crippen MR) is 98.7 cm³/mol. The van der Waals surface area contributed by atoms with Crippen LogP contribution < -0.4 is 5.32 Å². The molecule has 4 aromatic rings. The maximum absolute atomic E-state index is 11.9. The lowest BCUT2D eigenvalue weighted by Crippen LogP contribution is -2.13. The summed E-state index contributed by atoms with van der Waals surface area (Å²) in [7, 11) is 0. The Morgan fingerprint density at radius 2 is 2.15 bits per heavy atom. The zero-order valence-electron chi connectivity index (χ0n) is 13.6. The van der Waals surface area contributed by atoms with Crippen LogP contribution in [0.3, 0.4) is 0 Å². The molecule has 0 unspecified atom stereocenters. The third kappa shape index (κ3) is 2.84. The third-order valence-corrected chi connectivity index (χ3v) is 4.86. The van der Waals surface area contributed by atoms with E-state index in [9.17, 15) is 4.79 Å². The number of nitrogens with one attached hydrogen (secondary N) is 1. The Morgan fingerprint density at radius 1 is 1.27 bits per heavy atom. The molecule has 1 N–H and O–H groups in total. The summed E-state index contributed by atoms with van der Waals surface area (Å²) in [5.41, 5.74) is 3.28. The van der Waals surface area contributed by atoms with Crippen molar-refractivity contribution in [2.24, 2.45) is 5.92 Å². The van der Waals surface area contributed by atoms with Crippen molar-refractivity contribution < 1.29 is 4.79 Å². The van der Waals surface area contributed by atoms with Crippen LogP contribution in [-0.4, -0.2) is 35.5 Å². The molecule has 0 bridgehead atoms. The highest BCUT2D eigenvalue weighted by Crippen LogP contribution is 2.30. The molecule has 5 rings (SSSR count). The molecule has 3 aromatic heterocycles. The largest absolute Gasteiger partial charge is 0.309 e. The van der Waals surface area contributed by atoms with E-state index in [1.165, 1.54) is 0 Å². The number of amides is 1. The minimum absolute atomic E-state index is 0.0355. The number of imidazole rings is 1. The number of benzene rings is 1. The van der Waals surface area contributed by atoms with E-state index in [1.54, 1.807) is 15.4 Å². The lowest BCUT2D eigenvalue weighted by Gasteiger charge is -2.03. The number of fused-ring (bicyclic) bond motifs is 2. The van der Waals surface area contributed by atoms with Crippen LogP contribution in [0.4, 0.5) is 5.82 Å². The zero-order valence-corrected chi connectivity index (χ0v) is 15.2. The molecule has 1 aromatic carbocycles. The number of rotatable bonds is 4. The Bertz CT molecular complexity index is 1140. The number of anilines is 1. The van der Waals surface area contributed by atoms with Gasteiger partial charge in [0, 0.05) is 10.4 Å². The van der Waals surface area contributed by atoms with Crippen LogP contribution in [0.25, 0.3) is 16.7 Å². The predicted octanol–water partition coefficient (Wildman–Crippen LogP) is 2.63.